The Balaban J connectivity index is 1.84. The molecule has 2 rings (SSSR count). The Labute approximate surface area is 160 Å². The fourth-order valence-electron chi connectivity index (χ4n) is 2.77. The van der Waals surface area contributed by atoms with Crippen LogP contribution in [0.3, 0.4) is 0 Å². The molecule has 0 aliphatic rings. The number of aryl methyl sites for hydroxylation is 2. The number of hydrogen-bond acceptors (Lipinski definition) is 6. The van der Waals surface area contributed by atoms with Crippen molar-refractivity contribution in [3.8, 4) is 11.5 Å². The predicted molar refractivity (Wildman–Crippen MR) is 105 cm³/mol. The largest absolute Gasteiger partial charge is 0.493 e. The standard InChI is InChI=1S/C18H27N5O2S/c1-5-23(18(26)8-6-7-17-19-20-21-22(17)2)12-11-14-9-10-15(24-3)16(13-14)25-4/h9-10,13H,5-8,11-12H2,1-4H3. The molecule has 0 fully saturated rings. The van der Waals surface area contributed by atoms with Crippen molar-refractivity contribution < 1.29 is 9.47 Å². The van der Waals surface area contributed by atoms with Crippen LogP contribution in [0.1, 0.15) is 31.2 Å². The first-order chi connectivity index (χ1) is 12.6. The lowest BCUT2D eigenvalue weighted by atomic mass is 10.1. The maximum Gasteiger partial charge on any atom is 0.160 e. The van der Waals surface area contributed by atoms with E-state index >= 15 is 0 Å². The minimum atomic E-state index is 0.748. The van der Waals surface area contributed by atoms with Gasteiger partial charge in [0, 0.05) is 26.6 Å². The molecular formula is C18H27N5O2S. The summed E-state index contributed by atoms with van der Waals surface area (Å²) in [5.41, 5.74) is 1.20. The zero-order valence-electron chi connectivity index (χ0n) is 15.9. The third-order valence-electron chi connectivity index (χ3n) is 4.35. The molecule has 0 spiro atoms. The van der Waals surface area contributed by atoms with E-state index in [2.05, 4.69) is 33.4 Å². The van der Waals surface area contributed by atoms with Gasteiger partial charge >= 0.3 is 0 Å². The highest BCUT2D eigenvalue weighted by atomic mass is 32.1. The summed E-state index contributed by atoms with van der Waals surface area (Å²) in [6.07, 6.45) is 3.54. The third kappa shape index (κ3) is 5.39. The summed E-state index contributed by atoms with van der Waals surface area (Å²) in [4.78, 5) is 3.24. The summed E-state index contributed by atoms with van der Waals surface area (Å²) in [7, 11) is 5.16. The number of aromatic nitrogens is 4. The van der Waals surface area contributed by atoms with E-state index in [1.807, 2.05) is 19.2 Å². The molecule has 1 heterocycles. The number of rotatable bonds is 10. The lowest BCUT2D eigenvalue weighted by Crippen LogP contribution is -2.31. The Bertz CT molecular complexity index is 719. The van der Waals surface area contributed by atoms with Crippen LogP contribution >= 0.6 is 12.2 Å². The van der Waals surface area contributed by atoms with E-state index in [1.54, 1.807) is 18.9 Å². The summed E-state index contributed by atoms with van der Waals surface area (Å²) < 4.78 is 12.4. The van der Waals surface area contributed by atoms with Crippen LogP contribution in [0.5, 0.6) is 11.5 Å². The van der Waals surface area contributed by atoms with Crippen molar-refractivity contribution in [1.82, 2.24) is 25.1 Å². The molecule has 0 radical (unpaired) electrons. The second-order valence-electron chi connectivity index (χ2n) is 5.99. The Kier molecular flexibility index (Phi) is 7.77. The van der Waals surface area contributed by atoms with Crippen molar-refractivity contribution >= 4 is 17.2 Å². The molecule has 0 bridgehead atoms. The van der Waals surface area contributed by atoms with Gasteiger partial charge in [-0.25, -0.2) is 4.68 Å². The van der Waals surface area contributed by atoms with Crippen LogP contribution in [0, 0.1) is 0 Å². The second-order valence-corrected chi connectivity index (χ2v) is 6.46. The van der Waals surface area contributed by atoms with Crippen LogP contribution in [-0.2, 0) is 19.9 Å². The monoisotopic (exact) mass is 377 g/mol. The molecular weight excluding hydrogens is 350 g/mol. The highest BCUT2D eigenvalue weighted by Gasteiger charge is 2.11. The molecule has 0 saturated carbocycles. The topological polar surface area (TPSA) is 65.3 Å². The normalized spacial score (nSPS) is 10.6. The summed E-state index contributed by atoms with van der Waals surface area (Å²) in [6.45, 7) is 3.92. The van der Waals surface area contributed by atoms with E-state index in [1.165, 1.54) is 5.56 Å². The van der Waals surface area contributed by atoms with Crippen molar-refractivity contribution in [2.75, 3.05) is 27.3 Å². The molecule has 1 aromatic heterocycles. The Morgan fingerprint density at radius 1 is 1.19 bits per heavy atom. The fourth-order valence-corrected chi connectivity index (χ4v) is 3.14. The highest BCUT2D eigenvalue weighted by molar-refractivity contribution is 7.80. The molecule has 26 heavy (non-hydrogen) atoms. The first-order valence-electron chi connectivity index (χ1n) is 8.79. The van der Waals surface area contributed by atoms with Crippen molar-refractivity contribution in [3.05, 3.63) is 29.6 Å². The maximum absolute atomic E-state index is 5.63. The van der Waals surface area contributed by atoms with Gasteiger partial charge in [-0.2, -0.15) is 0 Å². The van der Waals surface area contributed by atoms with Gasteiger partial charge in [0.2, 0.25) is 0 Å². The van der Waals surface area contributed by atoms with E-state index in [0.717, 1.165) is 61.1 Å². The predicted octanol–water partition coefficient (Wildman–Crippen LogP) is 2.44. The average Bonchev–Trinajstić information content (AvgIpc) is 3.07. The van der Waals surface area contributed by atoms with E-state index < -0.39 is 0 Å². The molecule has 142 valence electrons. The van der Waals surface area contributed by atoms with Crippen molar-refractivity contribution in [1.29, 1.82) is 0 Å². The minimum absolute atomic E-state index is 0.748. The Morgan fingerprint density at radius 2 is 1.96 bits per heavy atom. The van der Waals surface area contributed by atoms with Gasteiger partial charge in [0.25, 0.3) is 0 Å². The van der Waals surface area contributed by atoms with Crippen LogP contribution in [0.2, 0.25) is 0 Å². The van der Waals surface area contributed by atoms with Crippen LogP contribution in [0.25, 0.3) is 0 Å². The first kappa shape index (κ1) is 20.1. The lowest BCUT2D eigenvalue weighted by molar-refractivity contribution is 0.354. The van der Waals surface area contributed by atoms with Gasteiger partial charge < -0.3 is 14.4 Å². The van der Waals surface area contributed by atoms with Crippen LogP contribution < -0.4 is 9.47 Å². The fraction of sp³-hybridized carbons (Fsp3) is 0.556. The Morgan fingerprint density at radius 3 is 2.58 bits per heavy atom. The number of ether oxygens (including phenoxy) is 2. The van der Waals surface area contributed by atoms with Gasteiger partial charge in [0.1, 0.15) is 0 Å². The number of benzene rings is 1. The molecule has 0 atom stereocenters. The van der Waals surface area contributed by atoms with Crippen molar-refractivity contribution in [2.24, 2.45) is 7.05 Å². The average molecular weight is 378 g/mol. The number of methoxy groups -OCH3 is 2. The molecule has 7 nitrogen and oxygen atoms in total. The number of hydrogen-bond donors (Lipinski definition) is 0. The molecule has 0 N–H and O–H groups in total. The zero-order chi connectivity index (χ0) is 18.9. The minimum Gasteiger partial charge on any atom is -0.493 e. The molecule has 1 aromatic carbocycles. The molecule has 0 aliphatic carbocycles. The maximum atomic E-state index is 5.63. The molecule has 0 amide bonds. The van der Waals surface area contributed by atoms with Gasteiger partial charge in [0.05, 0.1) is 19.2 Å². The van der Waals surface area contributed by atoms with E-state index in [4.69, 9.17) is 21.7 Å². The SMILES string of the molecule is CCN(CCc1ccc(OC)c(OC)c1)C(=S)CCCc1nnnn1C. The molecule has 0 unspecified atom stereocenters. The highest BCUT2D eigenvalue weighted by Crippen LogP contribution is 2.27. The van der Waals surface area contributed by atoms with E-state index in [9.17, 15) is 0 Å². The summed E-state index contributed by atoms with van der Waals surface area (Å²) in [5.74, 6) is 2.39. The summed E-state index contributed by atoms with van der Waals surface area (Å²) >= 11 is 5.63. The van der Waals surface area contributed by atoms with Crippen LogP contribution in [-0.4, -0.2) is 57.4 Å². The number of thiocarbonyl (C=S) groups is 1. The van der Waals surface area contributed by atoms with Crippen LogP contribution in [0.15, 0.2) is 18.2 Å². The summed E-state index contributed by atoms with van der Waals surface area (Å²) in [5, 5.41) is 11.5. The van der Waals surface area contributed by atoms with Gasteiger partial charge in [-0.15, -0.1) is 5.10 Å². The van der Waals surface area contributed by atoms with Gasteiger partial charge in [-0.1, -0.05) is 18.3 Å². The smallest absolute Gasteiger partial charge is 0.160 e. The Hall–Kier alpha value is -2.22. The second kappa shape index (κ2) is 10.1. The molecule has 2 aromatic rings. The van der Waals surface area contributed by atoms with Gasteiger partial charge in [-0.3, -0.25) is 0 Å². The number of tetrazole rings is 1. The van der Waals surface area contributed by atoms with E-state index in [-0.39, 0.29) is 0 Å². The summed E-state index contributed by atoms with van der Waals surface area (Å²) in [6, 6.07) is 6.04. The third-order valence-corrected chi connectivity index (χ3v) is 4.81. The molecule has 0 aliphatic heterocycles. The number of likely N-dealkylation sites (N-methyl/N-ethyl adjacent to an activating group) is 1. The van der Waals surface area contributed by atoms with Crippen LogP contribution in [0.4, 0.5) is 0 Å². The van der Waals surface area contributed by atoms with E-state index in [0.29, 0.717) is 0 Å². The lowest BCUT2D eigenvalue weighted by Gasteiger charge is -2.24. The number of nitrogens with zero attached hydrogens (tertiary/aromatic N) is 5. The zero-order valence-corrected chi connectivity index (χ0v) is 16.8. The van der Waals surface area contributed by atoms with Crippen molar-refractivity contribution in [2.45, 2.75) is 32.6 Å². The first-order valence-corrected chi connectivity index (χ1v) is 9.19. The van der Waals surface area contributed by atoms with Gasteiger partial charge in [-0.05, 0) is 54.3 Å². The quantitative estimate of drug-likeness (QED) is 0.589. The molecule has 0 saturated heterocycles. The van der Waals surface area contributed by atoms with Crippen molar-refractivity contribution in [3.63, 3.8) is 0 Å². The van der Waals surface area contributed by atoms with Gasteiger partial charge in [0.15, 0.2) is 17.3 Å². The molecule has 8 heteroatoms.